The summed E-state index contributed by atoms with van der Waals surface area (Å²) < 4.78 is 11.2. The summed E-state index contributed by atoms with van der Waals surface area (Å²) >= 11 is 5.93. The Morgan fingerprint density at radius 1 is 1.26 bits per heavy atom. The summed E-state index contributed by atoms with van der Waals surface area (Å²) in [6.07, 6.45) is -0.0539. The summed E-state index contributed by atoms with van der Waals surface area (Å²) in [7, 11) is 0. The molecule has 1 N–H and O–H groups in total. The molecule has 1 aromatic rings. The Kier molecular flexibility index (Phi) is 4.73. The first kappa shape index (κ1) is 16.1. The third-order valence-electron chi connectivity index (χ3n) is 4.13. The van der Waals surface area contributed by atoms with Gasteiger partial charge < -0.3 is 19.5 Å². The molecule has 0 aromatic heterocycles. The molecule has 3 atom stereocenters. The molecule has 7 heteroatoms. The summed E-state index contributed by atoms with van der Waals surface area (Å²) in [5.74, 6) is -0.477. The molecule has 0 radical (unpaired) electrons. The van der Waals surface area contributed by atoms with Crippen LogP contribution in [0.5, 0.6) is 5.75 Å². The summed E-state index contributed by atoms with van der Waals surface area (Å²) in [5.41, 5.74) is 0. The number of carboxylic acid groups (broad SMARTS) is 1. The zero-order valence-corrected chi connectivity index (χ0v) is 13.2. The van der Waals surface area contributed by atoms with Crippen molar-refractivity contribution in [1.29, 1.82) is 0 Å². The van der Waals surface area contributed by atoms with Crippen LogP contribution >= 0.6 is 11.6 Å². The number of amides is 1. The molecule has 2 heterocycles. The predicted octanol–water partition coefficient (Wildman–Crippen LogP) is 1.95. The Morgan fingerprint density at radius 3 is 2.74 bits per heavy atom. The monoisotopic (exact) mass is 339 g/mol. The lowest BCUT2D eigenvalue weighted by Gasteiger charge is -2.20. The fourth-order valence-corrected chi connectivity index (χ4v) is 3.14. The Labute approximate surface area is 138 Å². The second-order valence-corrected chi connectivity index (χ2v) is 6.24. The van der Waals surface area contributed by atoms with Crippen LogP contribution in [0.3, 0.4) is 0 Å². The van der Waals surface area contributed by atoms with Gasteiger partial charge in [0.25, 0.3) is 5.91 Å². The topological polar surface area (TPSA) is 76.1 Å². The lowest BCUT2D eigenvalue weighted by Crippen LogP contribution is -2.39. The summed E-state index contributed by atoms with van der Waals surface area (Å²) in [5, 5.41) is 9.53. The van der Waals surface area contributed by atoms with Gasteiger partial charge in [0.1, 0.15) is 18.0 Å². The Morgan fingerprint density at radius 2 is 2.04 bits per heavy atom. The van der Waals surface area contributed by atoms with Crippen molar-refractivity contribution in [2.45, 2.75) is 37.6 Å². The van der Waals surface area contributed by atoms with Crippen molar-refractivity contribution in [1.82, 2.24) is 4.90 Å². The molecule has 0 spiro atoms. The number of rotatable bonds is 4. The Bertz CT molecular complexity index is 608. The number of aliphatic carboxylic acids is 1. The van der Waals surface area contributed by atoms with Crippen molar-refractivity contribution < 1.29 is 24.2 Å². The second kappa shape index (κ2) is 6.76. The third-order valence-corrected chi connectivity index (χ3v) is 4.36. The minimum absolute atomic E-state index is 0.0888. The van der Waals surface area contributed by atoms with Gasteiger partial charge in [-0.25, -0.2) is 4.79 Å². The molecule has 2 aliphatic heterocycles. The maximum atomic E-state index is 12.4. The Balaban J connectivity index is 1.53. The van der Waals surface area contributed by atoms with Crippen molar-refractivity contribution in [2.75, 3.05) is 13.1 Å². The molecule has 124 valence electrons. The molecule has 2 aliphatic rings. The number of ether oxygens (including phenoxy) is 2. The molecule has 1 aromatic carbocycles. The van der Waals surface area contributed by atoms with Gasteiger partial charge in [0.05, 0.1) is 6.54 Å². The first-order valence-electron chi connectivity index (χ1n) is 7.62. The highest BCUT2D eigenvalue weighted by Crippen LogP contribution is 2.25. The van der Waals surface area contributed by atoms with Crippen LogP contribution in [-0.2, 0) is 14.3 Å². The van der Waals surface area contributed by atoms with Gasteiger partial charge >= 0.3 is 5.97 Å². The number of benzene rings is 1. The first-order chi connectivity index (χ1) is 11.0. The van der Waals surface area contributed by atoms with Crippen LogP contribution in [0.1, 0.15) is 19.3 Å². The van der Waals surface area contributed by atoms with Crippen molar-refractivity contribution in [3.63, 3.8) is 0 Å². The van der Waals surface area contributed by atoms with E-state index in [4.69, 9.17) is 26.2 Å². The van der Waals surface area contributed by atoms with E-state index in [-0.39, 0.29) is 12.0 Å². The Hall–Kier alpha value is -1.79. The molecule has 0 saturated carbocycles. The molecule has 6 nitrogen and oxygen atoms in total. The number of carboxylic acids is 1. The van der Waals surface area contributed by atoms with Crippen LogP contribution in [0.25, 0.3) is 0 Å². The van der Waals surface area contributed by atoms with Crippen molar-refractivity contribution in [3.05, 3.63) is 29.3 Å². The number of halogens is 1. The molecular formula is C16H18ClNO5. The second-order valence-electron chi connectivity index (χ2n) is 5.80. The van der Waals surface area contributed by atoms with Crippen LogP contribution in [0.4, 0.5) is 0 Å². The SMILES string of the molecule is O=C(O)[C@H]1CC[C@@H](C(=O)N2CCC(Oc3cccc(Cl)c3)C2)O1. The van der Waals surface area contributed by atoms with Crippen LogP contribution < -0.4 is 4.74 Å². The van der Waals surface area contributed by atoms with Gasteiger partial charge in [-0.15, -0.1) is 0 Å². The van der Waals surface area contributed by atoms with Gasteiger partial charge in [0, 0.05) is 18.0 Å². The van der Waals surface area contributed by atoms with Crippen LogP contribution in [0.15, 0.2) is 24.3 Å². The fourth-order valence-electron chi connectivity index (χ4n) is 2.96. The van der Waals surface area contributed by atoms with E-state index in [1.807, 2.05) is 12.1 Å². The van der Waals surface area contributed by atoms with E-state index in [0.29, 0.717) is 36.7 Å². The highest BCUT2D eigenvalue weighted by atomic mass is 35.5. The van der Waals surface area contributed by atoms with Crippen molar-refractivity contribution in [3.8, 4) is 5.75 Å². The van der Waals surface area contributed by atoms with E-state index in [9.17, 15) is 9.59 Å². The van der Waals surface area contributed by atoms with Gasteiger partial charge in [-0.3, -0.25) is 4.79 Å². The molecule has 0 bridgehead atoms. The lowest BCUT2D eigenvalue weighted by molar-refractivity contribution is -0.154. The van der Waals surface area contributed by atoms with Crippen LogP contribution in [-0.4, -0.2) is 53.3 Å². The van der Waals surface area contributed by atoms with Gasteiger partial charge in [-0.2, -0.15) is 0 Å². The molecule has 3 rings (SSSR count). The maximum absolute atomic E-state index is 12.4. The predicted molar refractivity (Wildman–Crippen MR) is 82.6 cm³/mol. The third kappa shape index (κ3) is 3.76. The highest BCUT2D eigenvalue weighted by Gasteiger charge is 2.39. The van der Waals surface area contributed by atoms with E-state index in [0.717, 1.165) is 6.42 Å². The van der Waals surface area contributed by atoms with Crippen molar-refractivity contribution >= 4 is 23.5 Å². The summed E-state index contributed by atoms with van der Waals surface area (Å²) in [4.78, 5) is 25.0. The smallest absolute Gasteiger partial charge is 0.332 e. The summed E-state index contributed by atoms with van der Waals surface area (Å²) in [6.45, 7) is 1.06. The molecule has 23 heavy (non-hydrogen) atoms. The largest absolute Gasteiger partial charge is 0.488 e. The van der Waals surface area contributed by atoms with Crippen LogP contribution in [0, 0.1) is 0 Å². The highest BCUT2D eigenvalue weighted by molar-refractivity contribution is 6.30. The molecule has 2 saturated heterocycles. The minimum Gasteiger partial charge on any atom is -0.488 e. The van der Waals surface area contributed by atoms with Crippen LogP contribution in [0.2, 0.25) is 5.02 Å². The number of hydrogen-bond donors (Lipinski definition) is 1. The normalized spacial score (nSPS) is 27.2. The number of likely N-dealkylation sites (tertiary alicyclic amines) is 1. The molecule has 0 aliphatic carbocycles. The van der Waals surface area contributed by atoms with E-state index >= 15 is 0 Å². The zero-order chi connectivity index (χ0) is 16.4. The van der Waals surface area contributed by atoms with E-state index < -0.39 is 18.2 Å². The lowest BCUT2D eigenvalue weighted by atomic mass is 10.2. The number of carbonyl (C=O) groups is 2. The van der Waals surface area contributed by atoms with Gasteiger partial charge in [0.15, 0.2) is 6.10 Å². The van der Waals surface area contributed by atoms with Gasteiger partial charge in [0.2, 0.25) is 0 Å². The quantitative estimate of drug-likeness (QED) is 0.907. The summed E-state index contributed by atoms with van der Waals surface area (Å²) in [6, 6.07) is 7.15. The number of nitrogens with zero attached hydrogens (tertiary/aromatic N) is 1. The molecule has 1 amide bonds. The van der Waals surface area contributed by atoms with Crippen molar-refractivity contribution in [2.24, 2.45) is 0 Å². The average Bonchev–Trinajstić information content (AvgIpc) is 3.15. The average molecular weight is 340 g/mol. The first-order valence-corrected chi connectivity index (χ1v) is 8.00. The van der Waals surface area contributed by atoms with Gasteiger partial charge in [-0.1, -0.05) is 17.7 Å². The molecule has 1 unspecified atom stereocenters. The van der Waals surface area contributed by atoms with E-state index in [1.165, 1.54) is 0 Å². The standard InChI is InChI=1S/C16H18ClNO5/c17-10-2-1-3-11(8-10)22-12-6-7-18(9-12)15(19)13-4-5-14(23-13)16(20)21/h1-3,8,12-14H,4-7,9H2,(H,20,21)/t12?,13-,14+/m0/s1. The van der Waals surface area contributed by atoms with E-state index in [1.54, 1.807) is 17.0 Å². The molecular weight excluding hydrogens is 322 g/mol. The fraction of sp³-hybridized carbons (Fsp3) is 0.500. The van der Waals surface area contributed by atoms with E-state index in [2.05, 4.69) is 0 Å². The maximum Gasteiger partial charge on any atom is 0.332 e. The minimum atomic E-state index is -1.01. The number of hydrogen-bond acceptors (Lipinski definition) is 4. The molecule has 2 fully saturated rings. The zero-order valence-electron chi connectivity index (χ0n) is 12.5. The van der Waals surface area contributed by atoms with Gasteiger partial charge in [-0.05, 0) is 31.0 Å². The number of carbonyl (C=O) groups excluding carboxylic acids is 1.